The van der Waals surface area contributed by atoms with Gasteiger partial charge in [0.25, 0.3) is 0 Å². The Kier molecular flexibility index (Phi) is 5.25. The summed E-state index contributed by atoms with van der Waals surface area (Å²) in [6.07, 6.45) is 4.92. The standard InChI is InChI=1S/C13H18Cl2N2O/c14-11-5-6-13(15)16-12(11)9-17(7-8-18)10-3-1-2-4-10/h5-6,10,18H,1-4,7-9H2. The van der Waals surface area contributed by atoms with Crippen molar-refractivity contribution >= 4 is 23.2 Å². The first-order chi connectivity index (χ1) is 8.70. The summed E-state index contributed by atoms with van der Waals surface area (Å²) in [6.45, 7) is 1.48. The third kappa shape index (κ3) is 3.58. The maximum absolute atomic E-state index is 9.18. The molecule has 0 saturated heterocycles. The van der Waals surface area contributed by atoms with Gasteiger partial charge in [-0.3, -0.25) is 4.90 Å². The van der Waals surface area contributed by atoms with Gasteiger partial charge in [-0.15, -0.1) is 0 Å². The summed E-state index contributed by atoms with van der Waals surface area (Å²) in [4.78, 5) is 6.54. The molecule has 18 heavy (non-hydrogen) atoms. The van der Waals surface area contributed by atoms with Crippen LogP contribution in [0.1, 0.15) is 31.4 Å². The van der Waals surface area contributed by atoms with Crippen LogP contribution < -0.4 is 0 Å². The van der Waals surface area contributed by atoms with Gasteiger partial charge in [-0.05, 0) is 25.0 Å². The monoisotopic (exact) mass is 288 g/mol. The van der Waals surface area contributed by atoms with Crippen LogP contribution in [0.25, 0.3) is 0 Å². The quantitative estimate of drug-likeness (QED) is 0.846. The van der Waals surface area contributed by atoms with E-state index in [1.165, 1.54) is 25.7 Å². The van der Waals surface area contributed by atoms with E-state index in [1.807, 2.05) is 0 Å². The number of nitrogens with zero attached hydrogens (tertiary/aromatic N) is 2. The highest BCUT2D eigenvalue weighted by molar-refractivity contribution is 6.32. The van der Waals surface area contributed by atoms with Crippen LogP contribution in [0, 0.1) is 0 Å². The van der Waals surface area contributed by atoms with Crippen molar-refractivity contribution in [2.24, 2.45) is 0 Å². The molecule has 0 aliphatic heterocycles. The number of aromatic nitrogens is 1. The Labute approximate surface area is 118 Å². The molecule has 1 saturated carbocycles. The number of rotatable bonds is 5. The molecule has 100 valence electrons. The van der Waals surface area contributed by atoms with E-state index in [1.54, 1.807) is 12.1 Å². The van der Waals surface area contributed by atoms with E-state index in [0.29, 0.717) is 29.3 Å². The van der Waals surface area contributed by atoms with E-state index >= 15 is 0 Å². The number of hydrogen-bond acceptors (Lipinski definition) is 3. The highest BCUT2D eigenvalue weighted by Gasteiger charge is 2.23. The number of hydrogen-bond donors (Lipinski definition) is 1. The van der Waals surface area contributed by atoms with Gasteiger partial charge in [-0.1, -0.05) is 36.0 Å². The third-order valence-corrected chi connectivity index (χ3v) is 4.02. The van der Waals surface area contributed by atoms with Gasteiger partial charge in [0.05, 0.1) is 17.3 Å². The lowest BCUT2D eigenvalue weighted by Crippen LogP contribution is -2.35. The van der Waals surface area contributed by atoms with Gasteiger partial charge in [0.2, 0.25) is 0 Å². The zero-order valence-corrected chi connectivity index (χ0v) is 11.8. The van der Waals surface area contributed by atoms with E-state index in [-0.39, 0.29) is 6.61 Å². The SMILES string of the molecule is OCCN(Cc1nc(Cl)ccc1Cl)C1CCCC1. The fraction of sp³-hybridized carbons (Fsp3) is 0.615. The topological polar surface area (TPSA) is 36.4 Å². The minimum atomic E-state index is 0.161. The predicted molar refractivity (Wildman–Crippen MR) is 74.0 cm³/mol. The van der Waals surface area contributed by atoms with Crippen molar-refractivity contribution in [2.75, 3.05) is 13.2 Å². The van der Waals surface area contributed by atoms with Crippen LogP contribution in [0.5, 0.6) is 0 Å². The minimum Gasteiger partial charge on any atom is -0.395 e. The van der Waals surface area contributed by atoms with Crippen LogP contribution in [-0.4, -0.2) is 34.2 Å². The lowest BCUT2D eigenvalue weighted by molar-refractivity contribution is 0.143. The maximum atomic E-state index is 9.18. The smallest absolute Gasteiger partial charge is 0.129 e. The van der Waals surface area contributed by atoms with Crippen molar-refractivity contribution in [3.8, 4) is 0 Å². The molecule has 0 unspecified atom stereocenters. The van der Waals surface area contributed by atoms with Gasteiger partial charge in [-0.2, -0.15) is 0 Å². The average molecular weight is 289 g/mol. The molecule has 1 aliphatic rings. The summed E-state index contributed by atoms with van der Waals surface area (Å²) in [6, 6.07) is 4.01. The normalized spacial score (nSPS) is 16.7. The molecule has 0 amide bonds. The van der Waals surface area contributed by atoms with Crippen molar-refractivity contribution in [1.82, 2.24) is 9.88 Å². The number of pyridine rings is 1. The molecule has 1 aromatic heterocycles. The Morgan fingerprint density at radius 3 is 2.67 bits per heavy atom. The molecule has 1 aliphatic carbocycles. The molecule has 0 radical (unpaired) electrons. The molecule has 1 N–H and O–H groups in total. The molecule has 0 atom stereocenters. The summed E-state index contributed by atoms with van der Waals surface area (Å²) in [5.41, 5.74) is 0.796. The van der Waals surface area contributed by atoms with Crippen LogP contribution >= 0.6 is 23.2 Å². The van der Waals surface area contributed by atoms with Gasteiger partial charge < -0.3 is 5.11 Å². The second-order valence-corrected chi connectivity index (χ2v) is 5.49. The van der Waals surface area contributed by atoms with Gasteiger partial charge >= 0.3 is 0 Å². The Bertz CT molecular complexity index is 395. The molecule has 1 aromatic rings. The van der Waals surface area contributed by atoms with E-state index in [4.69, 9.17) is 23.2 Å². The predicted octanol–water partition coefficient (Wildman–Crippen LogP) is 3.13. The Morgan fingerprint density at radius 1 is 1.28 bits per heavy atom. The van der Waals surface area contributed by atoms with Gasteiger partial charge in [0.15, 0.2) is 0 Å². The van der Waals surface area contributed by atoms with Crippen LogP contribution in [0.4, 0.5) is 0 Å². The second-order valence-electron chi connectivity index (χ2n) is 4.69. The first kappa shape index (κ1) is 14.1. The summed E-state index contributed by atoms with van der Waals surface area (Å²) in [5, 5.41) is 10.3. The van der Waals surface area contributed by atoms with Gasteiger partial charge in [0.1, 0.15) is 5.15 Å². The molecule has 0 aromatic carbocycles. The minimum absolute atomic E-state index is 0.161. The molecule has 1 heterocycles. The summed E-state index contributed by atoms with van der Waals surface area (Å²) in [5.74, 6) is 0. The first-order valence-electron chi connectivity index (χ1n) is 6.36. The molecule has 2 rings (SSSR count). The Morgan fingerprint density at radius 2 is 2.00 bits per heavy atom. The highest BCUT2D eigenvalue weighted by atomic mass is 35.5. The van der Waals surface area contributed by atoms with E-state index in [0.717, 1.165) is 5.69 Å². The largest absolute Gasteiger partial charge is 0.395 e. The Hall–Kier alpha value is -0.350. The number of halogens is 2. The van der Waals surface area contributed by atoms with Gasteiger partial charge in [0, 0.05) is 19.1 Å². The fourth-order valence-corrected chi connectivity index (χ4v) is 2.88. The fourth-order valence-electron chi connectivity index (χ4n) is 2.55. The van der Waals surface area contributed by atoms with Crippen molar-refractivity contribution in [3.05, 3.63) is 28.0 Å². The third-order valence-electron chi connectivity index (χ3n) is 3.47. The molecule has 1 fully saturated rings. The molecule has 0 bridgehead atoms. The van der Waals surface area contributed by atoms with E-state index in [9.17, 15) is 5.11 Å². The van der Waals surface area contributed by atoms with Crippen LogP contribution in [-0.2, 0) is 6.54 Å². The summed E-state index contributed by atoms with van der Waals surface area (Å²) >= 11 is 12.0. The second kappa shape index (κ2) is 6.71. The van der Waals surface area contributed by atoms with Crippen molar-refractivity contribution in [2.45, 2.75) is 38.3 Å². The van der Waals surface area contributed by atoms with E-state index in [2.05, 4.69) is 9.88 Å². The average Bonchev–Trinajstić information content (AvgIpc) is 2.87. The zero-order chi connectivity index (χ0) is 13.0. The molecular formula is C13H18Cl2N2O. The lowest BCUT2D eigenvalue weighted by atomic mass is 10.2. The first-order valence-corrected chi connectivity index (χ1v) is 7.12. The van der Waals surface area contributed by atoms with Crippen molar-refractivity contribution in [3.63, 3.8) is 0 Å². The van der Waals surface area contributed by atoms with Crippen LogP contribution in [0.2, 0.25) is 10.2 Å². The molecular weight excluding hydrogens is 271 g/mol. The molecule has 0 spiro atoms. The Balaban J connectivity index is 2.09. The van der Waals surface area contributed by atoms with Crippen molar-refractivity contribution in [1.29, 1.82) is 0 Å². The highest BCUT2D eigenvalue weighted by Crippen LogP contribution is 2.26. The molecule has 3 nitrogen and oxygen atoms in total. The van der Waals surface area contributed by atoms with Crippen molar-refractivity contribution < 1.29 is 5.11 Å². The van der Waals surface area contributed by atoms with Crippen LogP contribution in [0.3, 0.4) is 0 Å². The zero-order valence-electron chi connectivity index (χ0n) is 10.3. The van der Waals surface area contributed by atoms with Gasteiger partial charge in [-0.25, -0.2) is 4.98 Å². The number of aliphatic hydroxyl groups excluding tert-OH is 1. The lowest BCUT2D eigenvalue weighted by Gasteiger charge is -2.28. The summed E-state index contributed by atoms with van der Waals surface area (Å²) in [7, 11) is 0. The number of aliphatic hydroxyl groups is 1. The summed E-state index contributed by atoms with van der Waals surface area (Å²) < 4.78 is 0. The molecule has 5 heteroatoms. The van der Waals surface area contributed by atoms with Crippen LogP contribution in [0.15, 0.2) is 12.1 Å². The van der Waals surface area contributed by atoms with E-state index < -0.39 is 0 Å². The maximum Gasteiger partial charge on any atom is 0.129 e.